The summed E-state index contributed by atoms with van der Waals surface area (Å²) in [6, 6.07) is 0. The van der Waals surface area contributed by atoms with Crippen LogP contribution in [0.1, 0.15) is 41.5 Å². The van der Waals surface area contributed by atoms with E-state index >= 15 is 0 Å². The predicted octanol–water partition coefficient (Wildman–Crippen LogP) is 3.15. The van der Waals surface area contributed by atoms with Crippen molar-refractivity contribution in [2.75, 3.05) is 7.05 Å². The third-order valence-electron chi connectivity index (χ3n) is 1.74. The van der Waals surface area contributed by atoms with Crippen molar-refractivity contribution < 1.29 is 4.74 Å². The summed E-state index contributed by atoms with van der Waals surface area (Å²) >= 11 is 0. The van der Waals surface area contributed by atoms with Crippen LogP contribution in [0.3, 0.4) is 0 Å². The van der Waals surface area contributed by atoms with E-state index in [2.05, 4.69) is 33.0 Å². The molecule has 0 aliphatic carbocycles. The second kappa shape index (κ2) is 7.96. The highest BCUT2D eigenvalue weighted by atomic mass is 16.5. The van der Waals surface area contributed by atoms with Gasteiger partial charge in [0.05, 0.1) is 12.4 Å². The molecule has 0 aromatic carbocycles. The summed E-state index contributed by atoms with van der Waals surface area (Å²) in [4.78, 5) is 0. The Labute approximate surface area is 83.4 Å². The van der Waals surface area contributed by atoms with E-state index in [0.29, 0.717) is 0 Å². The van der Waals surface area contributed by atoms with Crippen molar-refractivity contribution in [1.82, 2.24) is 5.32 Å². The molecule has 80 valence electrons. The average Bonchev–Trinajstić information content (AvgIpc) is 2.07. The highest BCUT2D eigenvalue weighted by Gasteiger charge is 2.19. The molecule has 0 saturated carbocycles. The maximum absolute atomic E-state index is 5.40. The summed E-state index contributed by atoms with van der Waals surface area (Å²) in [5, 5.41) is 2.87. The van der Waals surface area contributed by atoms with E-state index in [4.69, 9.17) is 4.74 Å². The van der Waals surface area contributed by atoms with Crippen molar-refractivity contribution in [3.05, 3.63) is 12.5 Å². The fourth-order valence-electron chi connectivity index (χ4n) is 0.429. The minimum absolute atomic E-state index is 0.206. The molecule has 0 aliphatic heterocycles. The first-order valence-electron chi connectivity index (χ1n) is 4.96. The van der Waals surface area contributed by atoms with E-state index in [1.54, 1.807) is 12.5 Å². The van der Waals surface area contributed by atoms with Crippen molar-refractivity contribution in [2.24, 2.45) is 5.41 Å². The lowest BCUT2D eigenvalue weighted by Gasteiger charge is -2.26. The second-order valence-corrected chi connectivity index (χ2v) is 3.74. The molecule has 0 rings (SSSR count). The Morgan fingerprint density at radius 3 is 2.00 bits per heavy atom. The molecule has 1 unspecified atom stereocenters. The van der Waals surface area contributed by atoms with Crippen molar-refractivity contribution >= 4 is 0 Å². The molecule has 2 heteroatoms. The van der Waals surface area contributed by atoms with Crippen molar-refractivity contribution in [3.8, 4) is 0 Å². The molecule has 1 N–H and O–H groups in total. The SMILES string of the molecule is CC.CN/C=C\OC(C)C(C)(C)C. The Bertz CT molecular complexity index is 125. The topological polar surface area (TPSA) is 21.3 Å². The number of nitrogens with one attached hydrogen (secondary N) is 1. The van der Waals surface area contributed by atoms with Crippen LogP contribution >= 0.6 is 0 Å². The fraction of sp³-hybridized carbons (Fsp3) is 0.818. The van der Waals surface area contributed by atoms with Crippen LogP contribution in [-0.2, 0) is 4.74 Å². The zero-order valence-corrected chi connectivity index (χ0v) is 10.1. The van der Waals surface area contributed by atoms with Crippen LogP contribution in [0.5, 0.6) is 0 Å². The van der Waals surface area contributed by atoms with E-state index in [1.165, 1.54) is 0 Å². The van der Waals surface area contributed by atoms with Gasteiger partial charge in [0.2, 0.25) is 0 Å². The van der Waals surface area contributed by atoms with Gasteiger partial charge in [0, 0.05) is 13.2 Å². The van der Waals surface area contributed by atoms with Crippen LogP contribution in [0.4, 0.5) is 0 Å². The molecule has 0 aromatic heterocycles. The van der Waals surface area contributed by atoms with Gasteiger partial charge in [-0.1, -0.05) is 34.6 Å². The maximum atomic E-state index is 5.40. The number of hydrogen-bond acceptors (Lipinski definition) is 2. The first-order valence-corrected chi connectivity index (χ1v) is 4.96. The summed E-state index contributed by atoms with van der Waals surface area (Å²) in [7, 11) is 1.85. The molecule has 0 amide bonds. The van der Waals surface area contributed by atoms with Gasteiger partial charge in [-0.3, -0.25) is 0 Å². The van der Waals surface area contributed by atoms with E-state index in [9.17, 15) is 0 Å². The monoisotopic (exact) mass is 187 g/mol. The Morgan fingerprint density at radius 1 is 1.23 bits per heavy atom. The molecule has 13 heavy (non-hydrogen) atoms. The lowest BCUT2D eigenvalue weighted by Crippen LogP contribution is -2.24. The maximum Gasteiger partial charge on any atom is 0.0999 e. The summed E-state index contributed by atoms with van der Waals surface area (Å²) in [5.41, 5.74) is 0.206. The van der Waals surface area contributed by atoms with Crippen LogP contribution in [0.15, 0.2) is 12.5 Å². The van der Waals surface area contributed by atoms with Crippen LogP contribution in [0.2, 0.25) is 0 Å². The molecular weight excluding hydrogens is 162 g/mol. The van der Waals surface area contributed by atoms with Gasteiger partial charge < -0.3 is 10.1 Å². The van der Waals surface area contributed by atoms with Gasteiger partial charge in [0.15, 0.2) is 0 Å². The summed E-state index contributed by atoms with van der Waals surface area (Å²) < 4.78 is 5.40. The lowest BCUT2D eigenvalue weighted by molar-refractivity contribution is 0.0608. The normalized spacial score (nSPS) is 13.2. The molecule has 0 spiro atoms. The highest BCUT2D eigenvalue weighted by Crippen LogP contribution is 2.21. The fourth-order valence-corrected chi connectivity index (χ4v) is 0.429. The van der Waals surface area contributed by atoms with Gasteiger partial charge in [-0.05, 0) is 12.3 Å². The molecule has 0 radical (unpaired) electrons. The van der Waals surface area contributed by atoms with Gasteiger partial charge in [0.1, 0.15) is 0 Å². The van der Waals surface area contributed by atoms with Crippen molar-refractivity contribution in [2.45, 2.75) is 47.6 Å². The Kier molecular flexibility index (Phi) is 9.09. The van der Waals surface area contributed by atoms with E-state index in [0.717, 1.165) is 0 Å². The minimum atomic E-state index is 0.206. The Morgan fingerprint density at radius 2 is 1.69 bits per heavy atom. The van der Waals surface area contributed by atoms with E-state index < -0.39 is 0 Å². The Hall–Kier alpha value is -0.660. The van der Waals surface area contributed by atoms with Crippen LogP contribution in [0.25, 0.3) is 0 Å². The molecule has 0 heterocycles. The molecule has 0 bridgehead atoms. The number of rotatable bonds is 3. The van der Waals surface area contributed by atoms with Gasteiger partial charge in [0.25, 0.3) is 0 Å². The van der Waals surface area contributed by atoms with Crippen molar-refractivity contribution in [3.63, 3.8) is 0 Å². The number of ether oxygens (including phenoxy) is 1. The second-order valence-electron chi connectivity index (χ2n) is 3.74. The standard InChI is InChI=1S/C9H19NO.C2H6/c1-8(9(2,3)4)11-7-6-10-5;1-2/h6-8,10H,1-5H3;1-2H3/b7-6-;. The van der Waals surface area contributed by atoms with Gasteiger partial charge in [-0.15, -0.1) is 0 Å². The summed E-state index contributed by atoms with van der Waals surface area (Å²) in [6.07, 6.45) is 3.71. The lowest BCUT2D eigenvalue weighted by atomic mass is 9.90. The van der Waals surface area contributed by atoms with Gasteiger partial charge in [-0.2, -0.15) is 0 Å². The zero-order chi connectivity index (χ0) is 10.9. The molecule has 2 nitrogen and oxygen atoms in total. The van der Waals surface area contributed by atoms with Crippen LogP contribution in [0, 0.1) is 5.41 Å². The molecular formula is C11H25NO. The molecule has 0 aromatic rings. The summed E-state index contributed by atoms with van der Waals surface area (Å²) in [5.74, 6) is 0. The first kappa shape index (κ1) is 14.8. The molecule has 0 aliphatic rings. The minimum Gasteiger partial charge on any atom is -0.496 e. The quantitative estimate of drug-likeness (QED) is 0.685. The largest absolute Gasteiger partial charge is 0.496 e. The van der Waals surface area contributed by atoms with E-state index in [1.807, 2.05) is 20.9 Å². The highest BCUT2D eigenvalue weighted by molar-refractivity contribution is 4.75. The first-order chi connectivity index (χ1) is 5.98. The van der Waals surface area contributed by atoms with Crippen LogP contribution in [-0.4, -0.2) is 13.2 Å². The average molecular weight is 187 g/mol. The summed E-state index contributed by atoms with van der Waals surface area (Å²) in [6.45, 7) is 12.5. The third kappa shape index (κ3) is 9.25. The van der Waals surface area contributed by atoms with Gasteiger partial charge in [-0.25, -0.2) is 0 Å². The third-order valence-corrected chi connectivity index (χ3v) is 1.74. The smallest absolute Gasteiger partial charge is 0.0999 e. The van der Waals surface area contributed by atoms with Crippen LogP contribution < -0.4 is 5.32 Å². The number of hydrogen-bond donors (Lipinski definition) is 1. The molecule has 1 atom stereocenters. The van der Waals surface area contributed by atoms with Crippen molar-refractivity contribution in [1.29, 1.82) is 0 Å². The van der Waals surface area contributed by atoms with Gasteiger partial charge >= 0.3 is 0 Å². The van der Waals surface area contributed by atoms with E-state index in [-0.39, 0.29) is 11.5 Å². The predicted molar refractivity (Wildman–Crippen MR) is 59.5 cm³/mol. The molecule has 0 fully saturated rings. The Balaban J connectivity index is 0. The zero-order valence-electron chi connectivity index (χ0n) is 10.1. The molecule has 0 saturated heterocycles.